The molecular weight excluding hydrogens is 232 g/mol. The van der Waals surface area contributed by atoms with Crippen molar-refractivity contribution in [2.45, 2.75) is 39.7 Å². The van der Waals surface area contributed by atoms with Crippen molar-refractivity contribution in [2.75, 3.05) is 26.3 Å². The molecule has 1 heterocycles. The average molecular weight is 258 g/mol. The van der Waals surface area contributed by atoms with E-state index >= 15 is 0 Å². The lowest BCUT2D eigenvalue weighted by Gasteiger charge is -2.34. The molecule has 1 rings (SSSR count). The molecule has 0 saturated carbocycles. The van der Waals surface area contributed by atoms with Gasteiger partial charge >= 0.3 is 6.09 Å². The van der Waals surface area contributed by atoms with Gasteiger partial charge in [-0.05, 0) is 39.7 Å². The smallest absolute Gasteiger partial charge is 0.407 e. The summed E-state index contributed by atoms with van der Waals surface area (Å²) < 4.78 is 10.6. The van der Waals surface area contributed by atoms with Gasteiger partial charge in [-0.3, -0.25) is 0 Å². The van der Waals surface area contributed by atoms with Crippen LogP contribution in [0.2, 0.25) is 0 Å². The van der Waals surface area contributed by atoms with E-state index in [9.17, 15) is 4.79 Å². The lowest BCUT2D eigenvalue weighted by molar-refractivity contribution is 0.0478. The normalized spacial score (nSPS) is 23.5. The van der Waals surface area contributed by atoms with E-state index < -0.39 is 5.60 Å². The highest BCUT2D eigenvalue weighted by Crippen LogP contribution is 2.32. The molecule has 0 aromatic carbocycles. The van der Waals surface area contributed by atoms with E-state index in [1.54, 1.807) is 0 Å². The first-order valence-electron chi connectivity index (χ1n) is 6.51. The van der Waals surface area contributed by atoms with Crippen LogP contribution < -0.4 is 11.1 Å². The minimum atomic E-state index is -0.473. The number of nitrogens with one attached hydrogen (secondary N) is 1. The van der Waals surface area contributed by atoms with Gasteiger partial charge in [-0.25, -0.2) is 4.79 Å². The third kappa shape index (κ3) is 4.46. The molecule has 0 aliphatic carbocycles. The molecule has 1 fully saturated rings. The molecule has 1 amide bonds. The van der Waals surface area contributed by atoms with E-state index in [-0.39, 0.29) is 11.5 Å². The summed E-state index contributed by atoms with van der Waals surface area (Å²) in [5.74, 6) is 0.400. The Morgan fingerprint density at radius 3 is 2.56 bits per heavy atom. The van der Waals surface area contributed by atoms with Gasteiger partial charge in [0.2, 0.25) is 0 Å². The maximum atomic E-state index is 11.6. The first-order chi connectivity index (χ1) is 8.27. The number of hydrogen-bond donors (Lipinski definition) is 2. The first-order valence-corrected chi connectivity index (χ1v) is 6.51. The molecule has 2 atom stereocenters. The summed E-state index contributed by atoms with van der Waals surface area (Å²) in [5.41, 5.74) is 5.25. The van der Waals surface area contributed by atoms with Crippen molar-refractivity contribution in [3.8, 4) is 0 Å². The van der Waals surface area contributed by atoms with Crippen LogP contribution in [0, 0.1) is 11.3 Å². The molecule has 106 valence electrons. The molecule has 18 heavy (non-hydrogen) atoms. The zero-order valence-corrected chi connectivity index (χ0v) is 11.9. The number of ether oxygens (including phenoxy) is 2. The molecule has 0 spiro atoms. The molecule has 0 bridgehead atoms. The molecule has 5 nitrogen and oxygen atoms in total. The summed E-state index contributed by atoms with van der Waals surface area (Å²) >= 11 is 0. The van der Waals surface area contributed by atoms with Crippen LogP contribution in [-0.2, 0) is 9.47 Å². The third-order valence-electron chi connectivity index (χ3n) is 3.42. The minimum Gasteiger partial charge on any atom is -0.444 e. The van der Waals surface area contributed by atoms with Gasteiger partial charge in [0.1, 0.15) is 5.60 Å². The van der Waals surface area contributed by atoms with Crippen molar-refractivity contribution >= 4 is 6.09 Å². The minimum absolute atomic E-state index is 0.132. The standard InChI is InChI=1S/C13H26N2O3/c1-12(2,3)18-11(16)15-9-13(4,8-14)10-5-6-17-7-10/h10H,5-9,14H2,1-4H3,(H,15,16). The van der Waals surface area contributed by atoms with Crippen molar-refractivity contribution in [2.24, 2.45) is 17.1 Å². The molecule has 5 heteroatoms. The summed E-state index contributed by atoms with van der Waals surface area (Å²) in [6.45, 7) is 10.2. The second kappa shape index (κ2) is 5.89. The van der Waals surface area contributed by atoms with Crippen LogP contribution in [0.3, 0.4) is 0 Å². The van der Waals surface area contributed by atoms with Crippen LogP contribution in [0.15, 0.2) is 0 Å². The third-order valence-corrected chi connectivity index (χ3v) is 3.42. The number of alkyl carbamates (subject to hydrolysis) is 1. The Morgan fingerprint density at radius 2 is 2.11 bits per heavy atom. The summed E-state index contributed by atoms with van der Waals surface area (Å²) in [6.07, 6.45) is 0.616. The topological polar surface area (TPSA) is 73.6 Å². The molecule has 1 saturated heterocycles. The number of rotatable bonds is 4. The van der Waals surface area contributed by atoms with Crippen LogP contribution in [0.1, 0.15) is 34.1 Å². The van der Waals surface area contributed by atoms with Gasteiger partial charge in [0.25, 0.3) is 0 Å². The van der Waals surface area contributed by atoms with Crippen LogP contribution in [0.25, 0.3) is 0 Å². The SMILES string of the molecule is CC(C)(C)OC(=O)NCC(C)(CN)C1CCOC1. The Balaban J connectivity index is 2.46. The number of carbonyl (C=O) groups is 1. The van der Waals surface area contributed by atoms with Gasteiger partial charge in [-0.2, -0.15) is 0 Å². The van der Waals surface area contributed by atoms with E-state index in [1.807, 2.05) is 20.8 Å². The van der Waals surface area contributed by atoms with Crippen LogP contribution in [0.4, 0.5) is 4.79 Å². The fourth-order valence-electron chi connectivity index (χ4n) is 2.06. The number of nitrogens with two attached hydrogens (primary N) is 1. The molecule has 0 radical (unpaired) electrons. The Bertz CT molecular complexity index is 282. The largest absolute Gasteiger partial charge is 0.444 e. The zero-order valence-electron chi connectivity index (χ0n) is 11.9. The fourth-order valence-corrected chi connectivity index (χ4v) is 2.06. The van der Waals surface area contributed by atoms with E-state index in [1.165, 1.54) is 0 Å². The Kier molecular flexibility index (Phi) is 4.99. The lowest BCUT2D eigenvalue weighted by atomic mass is 9.76. The number of amides is 1. The first kappa shape index (κ1) is 15.2. The second-order valence-electron chi connectivity index (χ2n) is 6.27. The summed E-state index contributed by atoms with van der Waals surface area (Å²) in [4.78, 5) is 11.6. The van der Waals surface area contributed by atoms with Gasteiger partial charge in [0.15, 0.2) is 0 Å². The van der Waals surface area contributed by atoms with Gasteiger partial charge < -0.3 is 20.5 Å². The number of hydrogen-bond acceptors (Lipinski definition) is 4. The van der Waals surface area contributed by atoms with Gasteiger partial charge in [-0.15, -0.1) is 0 Å². The van der Waals surface area contributed by atoms with Crippen molar-refractivity contribution in [3.05, 3.63) is 0 Å². The summed E-state index contributed by atoms with van der Waals surface area (Å²) in [5, 5.41) is 2.81. The molecular formula is C13H26N2O3. The van der Waals surface area contributed by atoms with Gasteiger partial charge in [-0.1, -0.05) is 6.92 Å². The highest BCUT2D eigenvalue weighted by atomic mass is 16.6. The maximum Gasteiger partial charge on any atom is 0.407 e. The zero-order chi connectivity index (χ0) is 13.8. The highest BCUT2D eigenvalue weighted by molar-refractivity contribution is 5.67. The van der Waals surface area contributed by atoms with Crippen LogP contribution in [-0.4, -0.2) is 38.0 Å². The lowest BCUT2D eigenvalue weighted by Crippen LogP contribution is -2.46. The van der Waals surface area contributed by atoms with E-state index in [0.29, 0.717) is 19.0 Å². The van der Waals surface area contributed by atoms with Crippen LogP contribution >= 0.6 is 0 Å². The maximum absolute atomic E-state index is 11.6. The fraction of sp³-hybridized carbons (Fsp3) is 0.923. The highest BCUT2D eigenvalue weighted by Gasteiger charge is 2.36. The quantitative estimate of drug-likeness (QED) is 0.801. The Labute approximate surface area is 109 Å². The Morgan fingerprint density at radius 1 is 1.44 bits per heavy atom. The summed E-state index contributed by atoms with van der Waals surface area (Å²) in [7, 11) is 0. The van der Waals surface area contributed by atoms with Gasteiger partial charge in [0.05, 0.1) is 6.61 Å². The number of carbonyl (C=O) groups excluding carboxylic acids is 1. The van der Waals surface area contributed by atoms with Crippen molar-refractivity contribution in [1.82, 2.24) is 5.32 Å². The average Bonchev–Trinajstić information content (AvgIpc) is 2.77. The van der Waals surface area contributed by atoms with Crippen molar-refractivity contribution in [3.63, 3.8) is 0 Å². The second-order valence-corrected chi connectivity index (χ2v) is 6.27. The molecule has 0 aromatic rings. The molecule has 3 N–H and O–H groups in total. The van der Waals surface area contributed by atoms with Crippen molar-refractivity contribution in [1.29, 1.82) is 0 Å². The van der Waals surface area contributed by atoms with E-state index in [4.69, 9.17) is 15.2 Å². The van der Waals surface area contributed by atoms with Crippen LogP contribution in [0.5, 0.6) is 0 Å². The molecule has 1 aliphatic rings. The summed E-state index contributed by atoms with van der Waals surface area (Å²) in [6, 6.07) is 0. The predicted molar refractivity (Wildman–Crippen MR) is 70.3 cm³/mol. The predicted octanol–water partition coefficient (Wildman–Crippen LogP) is 1.51. The monoisotopic (exact) mass is 258 g/mol. The Hall–Kier alpha value is -0.810. The molecule has 2 unspecified atom stereocenters. The molecule has 0 aromatic heterocycles. The van der Waals surface area contributed by atoms with E-state index in [0.717, 1.165) is 19.6 Å². The van der Waals surface area contributed by atoms with E-state index in [2.05, 4.69) is 12.2 Å². The van der Waals surface area contributed by atoms with Gasteiger partial charge in [0, 0.05) is 18.6 Å². The molecule has 1 aliphatic heterocycles. The van der Waals surface area contributed by atoms with Crippen molar-refractivity contribution < 1.29 is 14.3 Å².